The maximum absolute atomic E-state index is 11.0. The van der Waals surface area contributed by atoms with Crippen molar-refractivity contribution < 1.29 is 10.0 Å². The van der Waals surface area contributed by atoms with Crippen LogP contribution in [0.15, 0.2) is 48.5 Å². The van der Waals surface area contributed by atoms with E-state index in [4.69, 9.17) is 5.21 Å². The fraction of sp³-hybridized carbons (Fsp3) is 0.458. The Balaban J connectivity index is 1.45. The summed E-state index contributed by atoms with van der Waals surface area (Å²) in [4.78, 5) is 13.5. The fourth-order valence-electron chi connectivity index (χ4n) is 3.89. The summed E-state index contributed by atoms with van der Waals surface area (Å²) >= 11 is 0. The minimum atomic E-state index is -0.300. The SMILES string of the molecule is O=C(CCCCCc1ccc(-c2ccc(CN3CCCCC3)cc2)cc1)NO. The lowest BCUT2D eigenvalue weighted by Crippen LogP contribution is -2.28. The van der Waals surface area contributed by atoms with Gasteiger partial charge < -0.3 is 0 Å². The Kier molecular flexibility index (Phi) is 8.07. The summed E-state index contributed by atoms with van der Waals surface area (Å²) in [5.41, 5.74) is 6.93. The van der Waals surface area contributed by atoms with Crippen LogP contribution in [0.4, 0.5) is 0 Å². The van der Waals surface area contributed by atoms with Crippen molar-refractivity contribution in [2.75, 3.05) is 13.1 Å². The molecule has 150 valence electrons. The van der Waals surface area contributed by atoms with Crippen molar-refractivity contribution >= 4 is 5.91 Å². The zero-order valence-electron chi connectivity index (χ0n) is 16.7. The first-order valence-electron chi connectivity index (χ1n) is 10.6. The number of rotatable bonds is 9. The predicted molar refractivity (Wildman–Crippen MR) is 113 cm³/mol. The van der Waals surface area contributed by atoms with Gasteiger partial charge in [-0.2, -0.15) is 0 Å². The molecule has 2 N–H and O–H groups in total. The lowest BCUT2D eigenvalue weighted by molar-refractivity contribution is -0.129. The van der Waals surface area contributed by atoms with Crippen LogP contribution in [0.2, 0.25) is 0 Å². The number of hydrogen-bond donors (Lipinski definition) is 2. The summed E-state index contributed by atoms with van der Waals surface area (Å²) < 4.78 is 0. The first-order valence-corrected chi connectivity index (χ1v) is 10.6. The van der Waals surface area contributed by atoms with Crippen molar-refractivity contribution in [3.63, 3.8) is 0 Å². The summed E-state index contributed by atoms with van der Waals surface area (Å²) in [5.74, 6) is -0.300. The van der Waals surface area contributed by atoms with Gasteiger partial charge in [0.15, 0.2) is 0 Å². The highest BCUT2D eigenvalue weighted by molar-refractivity contribution is 5.74. The van der Waals surface area contributed by atoms with Gasteiger partial charge in [0.1, 0.15) is 0 Å². The fourth-order valence-corrected chi connectivity index (χ4v) is 3.89. The molecule has 0 bridgehead atoms. The molecule has 1 heterocycles. The van der Waals surface area contributed by atoms with Crippen LogP contribution in [0.3, 0.4) is 0 Å². The Morgan fingerprint density at radius 2 is 1.43 bits per heavy atom. The van der Waals surface area contributed by atoms with Crippen molar-refractivity contribution in [1.82, 2.24) is 10.4 Å². The van der Waals surface area contributed by atoms with Gasteiger partial charge in [0.05, 0.1) is 0 Å². The van der Waals surface area contributed by atoms with E-state index in [0.717, 1.165) is 32.2 Å². The van der Waals surface area contributed by atoms with Gasteiger partial charge in [0, 0.05) is 13.0 Å². The second kappa shape index (κ2) is 11.0. The highest BCUT2D eigenvalue weighted by Crippen LogP contribution is 2.22. The first-order chi connectivity index (χ1) is 13.7. The maximum atomic E-state index is 11.0. The van der Waals surface area contributed by atoms with Crippen LogP contribution in [0.1, 0.15) is 56.1 Å². The Morgan fingerprint density at radius 3 is 2.04 bits per heavy atom. The number of hydroxylamine groups is 1. The summed E-state index contributed by atoms with van der Waals surface area (Å²) in [7, 11) is 0. The van der Waals surface area contributed by atoms with Gasteiger partial charge in [-0.05, 0) is 67.4 Å². The van der Waals surface area contributed by atoms with E-state index in [0.29, 0.717) is 6.42 Å². The molecule has 28 heavy (non-hydrogen) atoms. The zero-order valence-corrected chi connectivity index (χ0v) is 16.7. The number of hydrogen-bond acceptors (Lipinski definition) is 3. The highest BCUT2D eigenvalue weighted by Gasteiger charge is 2.10. The maximum Gasteiger partial charge on any atom is 0.243 e. The standard InChI is InChI=1S/C24H32N2O2/c27-24(25-28)8-4-1-3-7-20-9-13-22(14-10-20)23-15-11-21(12-16-23)19-26-17-5-2-6-18-26/h9-16,28H,1-8,17-19H2,(H,25,27). The monoisotopic (exact) mass is 380 g/mol. The molecule has 2 aromatic rings. The van der Waals surface area contributed by atoms with Crippen LogP contribution < -0.4 is 5.48 Å². The molecule has 4 heteroatoms. The molecule has 1 saturated heterocycles. The van der Waals surface area contributed by atoms with E-state index in [2.05, 4.69) is 53.4 Å². The van der Waals surface area contributed by atoms with Crippen LogP contribution >= 0.6 is 0 Å². The number of nitrogens with one attached hydrogen (secondary N) is 1. The van der Waals surface area contributed by atoms with Crippen molar-refractivity contribution in [3.8, 4) is 11.1 Å². The molecule has 0 spiro atoms. The summed E-state index contributed by atoms with van der Waals surface area (Å²) in [6.07, 6.45) is 8.33. The number of carbonyl (C=O) groups is 1. The van der Waals surface area contributed by atoms with E-state index < -0.39 is 0 Å². The molecule has 2 aromatic carbocycles. The van der Waals surface area contributed by atoms with Gasteiger partial charge in [0.2, 0.25) is 5.91 Å². The number of piperidine rings is 1. The summed E-state index contributed by atoms with van der Waals surface area (Å²) in [5, 5.41) is 8.48. The highest BCUT2D eigenvalue weighted by atomic mass is 16.5. The van der Waals surface area contributed by atoms with Crippen LogP contribution in [0.5, 0.6) is 0 Å². The van der Waals surface area contributed by atoms with Gasteiger partial charge in [-0.15, -0.1) is 0 Å². The minimum Gasteiger partial charge on any atom is -0.299 e. The second-order valence-electron chi connectivity index (χ2n) is 7.83. The third kappa shape index (κ3) is 6.47. The molecule has 1 aliphatic heterocycles. The molecule has 0 aliphatic carbocycles. The normalized spacial score (nSPS) is 14.8. The molecule has 4 nitrogen and oxygen atoms in total. The number of nitrogens with zero attached hydrogens (tertiary/aromatic N) is 1. The molecule has 0 radical (unpaired) electrons. The van der Waals surface area contributed by atoms with E-state index in [9.17, 15) is 4.79 Å². The lowest BCUT2D eigenvalue weighted by Gasteiger charge is -2.26. The molecule has 1 amide bonds. The van der Waals surface area contributed by atoms with Crippen LogP contribution in [-0.2, 0) is 17.8 Å². The molecule has 0 saturated carbocycles. The van der Waals surface area contributed by atoms with Gasteiger partial charge in [-0.3, -0.25) is 14.9 Å². The number of carbonyl (C=O) groups excluding carboxylic acids is 1. The van der Waals surface area contributed by atoms with Crippen LogP contribution in [0.25, 0.3) is 11.1 Å². The van der Waals surface area contributed by atoms with Crippen LogP contribution in [-0.4, -0.2) is 29.1 Å². The molecule has 0 atom stereocenters. The van der Waals surface area contributed by atoms with E-state index in [1.54, 1.807) is 5.48 Å². The van der Waals surface area contributed by atoms with Gasteiger partial charge >= 0.3 is 0 Å². The average molecular weight is 381 g/mol. The molecular weight excluding hydrogens is 348 g/mol. The molecule has 0 unspecified atom stereocenters. The third-order valence-corrected chi connectivity index (χ3v) is 5.59. The molecule has 3 rings (SSSR count). The smallest absolute Gasteiger partial charge is 0.243 e. The Hall–Kier alpha value is -2.17. The number of unbranched alkanes of at least 4 members (excludes halogenated alkanes) is 2. The van der Waals surface area contributed by atoms with E-state index in [1.165, 1.54) is 54.6 Å². The van der Waals surface area contributed by atoms with E-state index >= 15 is 0 Å². The Bertz CT molecular complexity index is 719. The predicted octanol–water partition coefficient (Wildman–Crippen LogP) is 4.95. The summed E-state index contributed by atoms with van der Waals surface area (Å²) in [6, 6.07) is 17.8. The minimum absolute atomic E-state index is 0.300. The van der Waals surface area contributed by atoms with Crippen molar-refractivity contribution in [2.24, 2.45) is 0 Å². The second-order valence-corrected chi connectivity index (χ2v) is 7.83. The van der Waals surface area contributed by atoms with E-state index in [1.807, 2.05) is 0 Å². The van der Waals surface area contributed by atoms with Gasteiger partial charge in [0.25, 0.3) is 0 Å². The average Bonchev–Trinajstić information content (AvgIpc) is 2.75. The molecule has 1 aliphatic rings. The number of benzene rings is 2. The zero-order chi connectivity index (χ0) is 19.6. The Morgan fingerprint density at radius 1 is 0.821 bits per heavy atom. The quantitative estimate of drug-likeness (QED) is 0.368. The van der Waals surface area contributed by atoms with Gasteiger partial charge in [-0.1, -0.05) is 61.4 Å². The largest absolute Gasteiger partial charge is 0.299 e. The van der Waals surface area contributed by atoms with Crippen molar-refractivity contribution in [3.05, 3.63) is 59.7 Å². The third-order valence-electron chi connectivity index (χ3n) is 5.59. The molecule has 0 aromatic heterocycles. The summed E-state index contributed by atoms with van der Waals surface area (Å²) in [6.45, 7) is 3.54. The topological polar surface area (TPSA) is 52.6 Å². The van der Waals surface area contributed by atoms with Gasteiger partial charge in [-0.25, -0.2) is 5.48 Å². The van der Waals surface area contributed by atoms with Crippen molar-refractivity contribution in [2.45, 2.75) is 57.9 Å². The van der Waals surface area contributed by atoms with Crippen molar-refractivity contribution in [1.29, 1.82) is 0 Å². The van der Waals surface area contributed by atoms with Crippen LogP contribution in [0, 0.1) is 0 Å². The van der Waals surface area contributed by atoms with E-state index in [-0.39, 0.29) is 5.91 Å². The number of aryl methyl sites for hydroxylation is 1. The number of likely N-dealkylation sites (tertiary alicyclic amines) is 1. The molecular formula is C24H32N2O2. The lowest BCUT2D eigenvalue weighted by atomic mass is 10.00. The number of amides is 1. The Labute approximate surface area is 168 Å². The first kappa shape index (κ1) is 20.6. The molecule has 1 fully saturated rings.